The highest BCUT2D eigenvalue weighted by molar-refractivity contribution is 6.30. The molecule has 0 bridgehead atoms. The molecule has 0 aliphatic carbocycles. The Morgan fingerprint density at radius 1 is 1.21 bits per heavy atom. The summed E-state index contributed by atoms with van der Waals surface area (Å²) in [6.07, 6.45) is 0. The first-order valence-electron chi connectivity index (χ1n) is 5.58. The van der Waals surface area contributed by atoms with E-state index in [0.29, 0.717) is 17.4 Å². The molecule has 0 aliphatic rings. The lowest BCUT2D eigenvalue weighted by molar-refractivity contribution is 0.0945. The van der Waals surface area contributed by atoms with Crippen LogP contribution in [0.15, 0.2) is 30.3 Å². The van der Waals surface area contributed by atoms with Crippen molar-refractivity contribution in [3.63, 3.8) is 0 Å². The van der Waals surface area contributed by atoms with Crippen LogP contribution in [0.2, 0.25) is 10.2 Å². The van der Waals surface area contributed by atoms with Crippen molar-refractivity contribution in [1.82, 2.24) is 15.3 Å². The highest BCUT2D eigenvalue weighted by atomic mass is 35.5. The maximum atomic E-state index is 11.9. The number of hydrogen-bond acceptors (Lipinski definition) is 3. The normalized spacial score (nSPS) is 10.3. The van der Waals surface area contributed by atoms with Crippen molar-refractivity contribution in [2.45, 2.75) is 13.5 Å². The molecular weight excluding hydrogens is 285 g/mol. The molecule has 0 atom stereocenters. The van der Waals surface area contributed by atoms with Gasteiger partial charge in [-0.05, 0) is 24.6 Å². The fourth-order valence-corrected chi connectivity index (χ4v) is 1.87. The predicted octanol–water partition coefficient (Wildman–Crippen LogP) is 3.02. The average Bonchev–Trinajstić information content (AvgIpc) is 2.36. The molecule has 0 fully saturated rings. The maximum absolute atomic E-state index is 11.9. The van der Waals surface area contributed by atoms with Gasteiger partial charge in [0.1, 0.15) is 16.7 Å². The second-order valence-corrected chi connectivity index (χ2v) is 4.76. The minimum absolute atomic E-state index is 0.254. The van der Waals surface area contributed by atoms with Crippen molar-refractivity contribution in [2.24, 2.45) is 0 Å². The molecule has 0 spiro atoms. The molecule has 19 heavy (non-hydrogen) atoms. The number of aryl methyl sites for hydroxylation is 1. The van der Waals surface area contributed by atoms with Crippen LogP contribution in [0, 0.1) is 6.92 Å². The summed E-state index contributed by atoms with van der Waals surface area (Å²) in [6.45, 7) is 2.08. The number of benzene rings is 1. The molecule has 0 aliphatic heterocycles. The van der Waals surface area contributed by atoms with E-state index in [1.807, 2.05) is 12.1 Å². The Morgan fingerprint density at radius 2 is 1.89 bits per heavy atom. The van der Waals surface area contributed by atoms with Gasteiger partial charge in [-0.15, -0.1) is 0 Å². The van der Waals surface area contributed by atoms with Crippen LogP contribution in [-0.4, -0.2) is 15.9 Å². The Balaban J connectivity index is 2.03. The van der Waals surface area contributed by atoms with Gasteiger partial charge in [0.05, 0.1) is 0 Å². The number of nitrogens with one attached hydrogen (secondary N) is 1. The second-order valence-electron chi connectivity index (χ2n) is 3.93. The van der Waals surface area contributed by atoms with Gasteiger partial charge in [-0.1, -0.05) is 35.3 Å². The largest absolute Gasteiger partial charge is 0.347 e. The Hall–Kier alpha value is -1.65. The minimum atomic E-state index is -0.289. The quantitative estimate of drug-likeness (QED) is 0.886. The molecule has 98 valence electrons. The summed E-state index contributed by atoms with van der Waals surface area (Å²) in [5.74, 6) is 0.173. The van der Waals surface area contributed by atoms with Gasteiger partial charge in [0.2, 0.25) is 0 Å². The summed E-state index contributed by atoms with van der Waals surface area (Å²) in [5, 5.41) is 3.67. The Kier molecular flexibility index (Phi) is 4.35. The second kappa shape index (κ2) is 5.99. The van der Waals surface area contributed by atoms with E-state index in [2.05, 4.69) is 15.3 Å². The van der Waals surface area contributed by atoms with Gasteiger partial charge >= 0.3 is 0 Å². The number of rotatable bonds is 3. The van der Waals surface area contributed by atoms with Gasteiger partial charge in [0.25, 0.3) is 5.91 Å². The molecule has 0 radical (unpaired) electrons. The average molecular weight is 296 g/mol. The Morgan fingerprint density at radius 3 is 2.53 bits per heavy atom. The third kappa shape index (κ3) is 3.91. The van der Waals surface area contributed by atoms with Crippen molar-refractivity contribution in [2.75, 3.05) is 0 Å². The Labute approximate surface area is 120 Å². The van der Waals surface area contributed by atoms with Crippen molar-refractivity contribution in [3.8, 4) is 0 Å². The number of carbonyl (C=O) groups excluding carboxylic acids is 1. The zero-order chi connectivity index (χ0) is 13.8. The maximum Gasteiger partial charge on any atom is 0.270 e. The van der Waals surface area contributed by atoms with Crippen LogP contribution >= 0.6 is 23.2 Å². The number of hydrogen-bond donors (Lipinski definition) is 1. The smallest absolute Gasteiger partial charge is 0.270 e. The molecule has 2 rings (SSSR count). The summed E-state index contributed by atoms with van der Waals surface area (Å²) in [5.41, 5.74) is 1.21. The van der Waals surface area contributed by atoms with E-state index < -0.39 is 0 Å². The zero-order valence-electron chi connectivity index (χ0n) is 10.2. The molecule has 6 heteroatoms. The molecule has 2 aromatic rings. The number of halogens is 2. The summed E-state index contributed by atoms with van der Waals surface area (Å²) >= 11 is 11.6. The van der Waals surface area contributed by atoms with Crippen LogP contribution in [0.25, 0.3) is 0 Å². The molecule has 0 saturated carbocycles. The van der Waals surface area contributed by atoms with E-state index >= 15 is 0 Å². The number of amides is 1. The molecule has 1 aromatic carbocycles. The van der Waals surface area contributed by atoms with Gasteiger partial charge < -0.3 is 5.32 Å². The first kappa shape index (κ1) is 13.8. The first-order chi connectivity index (χ1) is 9.04. The van der Waals surface area contributed by atoms with E-state index in [1.165, 1.54) is 6.07 Å². The van der Waals surface area contributed by atoms with Crippen LogP contribution in [0.3, 0.4) is 0 Å². The van der Waals surface area contributed by atoms with Crippen molar-refractivity contribution in [1.29, 1.82) is 0 Å². The standard InChI is InChI=1S/C13H11Cl2N3O/c1-8-17-11(6-12(15)18-8)13(19)16-7-9-2-4-10(14)5-3-9/h2-6H,7H2,1H3,(H,16,19). The lowest BCUT2D eigenvalue weighted by Crippen LogP contribution is -2.24. The molecule has 4 nitrogen and oxygen atoms in total. The monoisotopic (exact) mass is 295 g/mol. The third-order valence-corrected chi connectivity index (χ3v) is 2.85. The molecule has 1 N–H and O–H groups in total. The Bertz CT molecular complexity index is 579. The fourth-order valence-electron chi connectivity index (χ4n) is 1.52. The van der Waals surface area contributed by atoms with Crippen molar-refractivity contribution >= 4 is 29.1 Å². The molecular formula is C13H11Cl2N3O. The number of aromatic nitrogens is 2. The van der Waals surface area contributed by atoms with Crippen LogP contribution in [-0.2, 0) is 6.54 Å². The third-order valence-electron chi connectivity index (χ3n) is 2.41. The van der Waals surface area contributed by atoms with Crippen LogP contribution in [0.1, 0.15) is 21.9 Å². The predicted molar refractivity (Wildman–Crippen MR) is 74.4 cm³/mol. The molecule has 1 amide bonds. The van der Waals surface area contributed by atoms with E-state index in [1.54, 1.807) is 19.1 Å². The van der Waals surface area contributed by atoms with E-state index in [-0.39, 0.29) is 16.8 Å². The van der Waals surface area contributed by atoms with Gasteiger partial charge in [0, 0.05) is 17.6 Å². The summed E-state index contributed by atoms with van der Waals surface area (Å²) in [7, 11) is 0. The lowest BCUT2D eigenvalue weighted by Gasteiger charge is -2.05. The molecule has 0 unspecified atom stereocenters. The van der Waals surface area contributed by atoms with Gasteiger partial charge in [-0.2, -0.15) is 0 Å². The lowest BCUT2D eigenvalue weighted by atomic mass is 10.2. The number of nitrogens with zero attached hydrogens (tertiary/aromatic N) is 2. The summed E-state index contributed by atoms with van der Waals surface area (Å²) < 4.78 is 0. The first-order valence-corrected chi connectivity index (χ1v) is 6.34. The highest BCUT2D eigenvalue weighted by Gasteiger charge is 2.09. The molecule has 1 aromatic heterocycles. The zero-order valence-corrected chi connectivity index (χ0v) is 11.7. The summed E-state index contributed by atoms with van der Waals surface area (Å²) in [4.78, 5) is 19.8. The highest BCUT2D eigenvalue weighted by Crippen LogP contribution is 2.10. The van der Waals surface area contributed by atoms with E-state index in [0.717, 1.165) is 5.56 Å². The SMILES string of the molecule is Cc1nc(Cl)cc(C(=O)NCc2ccc(Cl)cc2)n1. The van der Waals surface area contributed by atoms with Gasteiger partial charge in [-0.25, -0.2) is 9.97 Å². The van der Waals surface area contributed by atoms with Gasteiger partial charge in [-0.3, -0.25) is 4.79 Å². The van der Waals surface area contributed by atoms with E-state index in [4.69, 9.17) is 23.2 Å². The minimum Gasteiger partial charge on any atom is -0.347 e. The van der Waals surface area contributed by atoms with Crippen molar-refractivity contribution < 1.29 is 4.79 Å². The van der Waals surface area contributed by atoms with Crippen LogP contribution in [0.4, 0.5) is 0 Å². The van der Waals surface area contributed by atoms with Gasteiger partial charge in [0.15, 0.2) is 0 Å². The topological polar surface area (TPSA) is 54.9 Å². The number of carbonyl (C=O) groups is 1. The molecule has 0 saturated heterocycles. The summed E-state index contributed by atoms with van der Waals surface area (Å²) in [6, 6.07) is 8.68. The van der Waals surface area contributed by atoms with Crippen molar-refractivity contribution in [3.05, 3.63) is 57.6 Å². The van der Waals surface area contributed by atoms with Crippen LogP contribution in [0.5, 0.6) is 0 Å². The van der Waals surface area contributed by atoms with Crippen LogP contribution < -0.4 is 5.32 Å². The fraction of sp³-hybridized carbons (Fsp3) is 0.154. The molecule has 1 heterocycles. The van der Waals surface area contributed by atoms with E-state index in [9.17, 15) is 4.79 Å².